The van der Waals surface area contributed by atoms with Crippen molar-refractivity contribution in [2.24, 2.45) is 5.41 Å². The highest BCUT2D eigenvalue weighted by Gasteiger charge is 2.31. The van der Waals surface area contributed by atoms with E-state index in [1.54, 1.807) is 0 Å². The van der Waals surface area contributed by atoms with Gasteiger partial charge in [-0.3, -0.25) is 0 Å². The highest BCUT2D eigenvalue weighted by Crippen LogP contribution is 2.29. The topological polar surface area (TPSA) is 35.5 Å². The zero-order valence-corrected chi connectivity index (χ0v) is 14.2. The van der Waals surface area contributed by atoms with Crippen LogP contribution in [-0.4, -0.2) is 48.3 Å². The van der Waals surface area contributed by atoms with Crippen LogP contribution >= 0.6 is 0 Å². The Hall–Kier alpha value is -0.120. The standard InChI is InChI=1S/C17H36N2O/c1-5-11-18-14-17(6-2,7-3)15-19-12-8-9-16(4,20)10-13-19/h18,20H,5-15H2,1-4H3. The van der Waals surface area contributed by atoms with Gasteiger partial charge in [0.05, 0.1) is 5.60 Å². The summed E-state index contributed by atoms with van der Waals surface area (Å²) in [4.78, 5) is 2.59. The van der Waals surface area contributed by atoms with Gasteiger partial charge in [-0.15, -0.1) is 0 Å². The van der Waals surface area contributed by atoms with Crippen LogP contribution in [0.1, 0.15) is 66.2 Å². The van der Waals surface area contributed by atoms with Crippen molar-refractivity contribution in [3.8, 4) is 0 Å². The van der Waals surface area contributed by atoms with Gasteiger partial charge in [0.15, 0.2) is 0 Å². The Bertz CT molecular complexity index is 262. The molecule has 2 N–H and O–H groups in total. The minimum absolute atomic E-state index is 0.394. The van der Waals surface area contributed by atoms with Crippen LogP contribution in [0.25, 0.3) is 0 Å². The minimum Gasteiger partial charge on any atom is -0.390 e. The molecule has 120 valence electrons. The lowest BCUT2D eigenvalue weighted by atomic mass is 9.81. The summed E-state index contributed by atoms with van der Waals surface area (Å²) >= 11 is 0. The first kappa shape index (κ1) is 17.9. The number of likely N-dealkylation sites (tertiary alicyclic amines) is 1. The molecule has 1 unspecified atom stereocenters. The molecule has 1 atom stereocenters. The predicted octanol–water partition coefficient (Wildman–Crippen LogP) is 3.03. The summed E-state index contributed by atoms with van der Waals surface area (Å²) in [6.07, 6.45) is 6.65. The Balaban J connectivity index is 2.55. The first-order valence-corrected chi connectivity index (χ1v) is 8.62. The molecule has 3 heteroatoms. The monoisotopic (exact) mass is 284 g/mol. The smallest absolute Gasteiger partial charge is 0.0632 e. The Morgan fingerprint density at radius 3 is 2.45 bits per heavy atom. The van der Waals surface area contributed by atoms with E-state index in [1.807, 2.05) is 6.92 Å². The molecule has 1 aliphatic rings. The van der Waals surface area contributed by atoms with Gasteiger partial charge in [0.2, 0.25) is 0 Å². The molecular weight excluding hydrogens is 248 g/mol. The van der Waals surface area contributed by atoms with Gasteiger partial charge in [-0.1, -0.05) is 20.8 Å². The van der Waals surface area contributed by atoms with Gasteiger partial charge in [0.25, 0.3) is 0 Å². The lowest BCUT2D eigenvalue weighted by molar-refractivity contribution is 0.0423. The van der Waals surface area contributed by atoms with Crippen LogP contribution in [0.2, 0.25) is 0 Å². The summed E-state index contributed by atoms with van der Waals surface area (Å²) in [5.41, 5.74) is -0.0539. The number of hydrogen-bond donors (Lipinski definition) is 2. The Labute approximate surface area is 126 Å². The van der Waals surface area contributed by atoms with Crippen LogP contribution < -0.4 is 5.32 Å². The second-order valence-corrected chi connectivity index (χ2v) is 7.01. The Kier molecular flexibility index (Phi) is 7.49. The maximum absolute atomic E-state index is 10.2. The van der Waals surface area contributed by atoms with Crippen molar-refractivity contribution in [3.05, 3.63) is 0 Å². The molecule has 0 spiro atoms. The summed E-state index contributed by atoms with van der Waals surface area (Å²) in [7, 11) is 0. The third kappa shape index (κ3) is 5.71. The van der Waals surface area contributed by atoms with E-state index >= 15 is 0 Å². The van der Waals surface area contributed by atoms with Crippen molar-refractivity contribution < 1.29 is 5.11 Å². The number of hydrogen-bond acceptors (Lipinski definition) is 3. The fourth-order valence-electron chi connectivity index (χ4n) is 3.26. The second-order valence-electron chi connectivity index (χ2n) is 7.01. The van der Waals surface area contributed by atoms with Gasteiger partial charge in [0, 0.05) is 19.6 Å². The number of rotatable bonds is 8. The van der Waals surface area contributed by atoms with E-state index < -0.39 is 5.60 Å². The molecule has 3 nitrogen and oxygen atoms in total. The van der Waals surface area contributed by atoms with E-state index in [0.29, 0.717) is 5.41 Å². The largest absolute Gasteiger partial charge is 0.390 e. The third-order valence-electron chi connectivity index (χ3n) is 5.14. The van der Waals surface area contributed by atoms with Gasteiger partial charge < -0.3 is 15.3 Å². The summed E-state index contributed by atoms with van der Waals surface area (Å²) in [5, 5.41) is 13.8. The quantitative estimate of drug-likeness (QED) is 0.673. The molecular formula is C17H36N2O. The SMILES string of the molecule is CCCNCC(CC)(CC)CN1CCCC(C)(O)CC1. The molecule has 1 aliphatic heterocycles. The van der Waals surface area contributed by atoms with Gasteiger partial charge in [-0.2, -0.15) is 0 Å². The Morgan fingerprint density at radius 1 is 1.15 bits per heavy atom. The van der Waals surface area contributed by atoms with Crippen molar-refractivity contribution in [1.82, 2.24) is 10.2 Å². The van der Waals surface area contributed by atoms with Crippen molar-refractivity contribution in [1.29, 1.82) is 0 Å². The number of nitrogens with zero attached hydrogens (tertiary/aromatic N) is 1. The first-order valence-electron chi connectivity index (χ1n) is 8.62. The second kappa shape index (κ2) is 8.35. The third-order valence-corrected chi connectivity index (χ3v) is 5.14. The molecule has 1 rings (SSSR count). The first-order chi connectivity index (χ1) is 9.47. The average Bonchev–Trinajstić information content (AvgIpc) is 2.59. The van der Waals surface area contributed by atoms with Crippen LogP contribution in [0.3, 0.4) is 0 Å². The zero-order valence-electron chi connectivity index (χ0n) is 14.2. The molecule has 1 heterocycles. The average molecular weight is 284 g/mol. The van der Waals surface area contributed by atoms with Crippen molar-refractivity contribution in [2.45, 2.75) is 71.8 Å². The van der Waals surface area contributed by atoms with Crippen molar-refractivity contribution in [2.75, 3.05) is 32.7 Å². The van der Waals surface area contributed by atoms with E-state index in [9.17, 15) is 5.11 Å². The summed E-state index contributed by atoms with van der Waals surface area (Å²) < 4.78 is 0. The Morgan fingerprint density at radius 2 is 1.85 bits per heavy atom. The van der Waals surface area contributed by atoms with Gasteiger partial charge in [0.1, 0.15) is 0 Å². The minimum atomic E-state index is -0.448. The molecule has 0 aromatic rings. The highest BCUT2D eigenvalue weighted by molar-refractivity contribution is 4.86. The molecule has 0 aromatic carbocycles. The zero-order chi connectivity index (χ0) is 15.1. The molecule has 0 radical (unpaired) electrons. The van der Waals surface area contributed by atoms with Crippen LogP contribution in [0.15, 0.2) is 0 Å². The lowest BCUT2D eigenvalue weighted by Gasteiger charge is -2.37. The van der Waals surface area contributed by atoms with Gasteiger partial charge >= 0.3 is 0 Å². The van der Waals surface area contributed by atoms with Gasteiger partial charge in [-0.25, -0.2) is 0 Å². The van der Waals surface area contributed by atoms with Crippen molar-refractivity contribution >= 4 is 0 Å². The number of nitrogens with one attached hydrogen (secondary N) is 1. The van der Waals surface area contributed by atoms with Crippen LogP contribution in [0, 0.1) is 5.41 Å². The molecule has 20 heavy (non-hydrogen) atoms. The number of aliphatic hydroxyl groups is 1. The lowest BCUT2D eigenvalue weighted by Crippen LogP contribution is -2.44. The maximum Gasteiger partial charge on any atom is 0.0632 e. The fraction of sp³-hybridized carbons (Fsp3) is 1.00. The molecule has 1 saturated heterocycles. The molecule has 0 amide bonds. The molecule has 1 fully saturated rings. The predicted molar refractivity (Wildman–Crippen MR) is 87.1 cm³/mol. The molecule has 0 aromatic heterocycles. The fourth-order valence-corrected chi connectivity index (χ4v) is 3.26. The van der Waals surface area contributed by atoms with Crippen LogP contribution in [0.5, 0.6) is 0 Å². The maximum atomic E-state index is 10.2. The highest BCUT2D eigenvalue weighted by atomic mass is 16.3. The molecule has 0 saturated carbocycles. The van der Waals surface area contributed by atoms with E-state index in [1.165, 1.54) is 25.8 Å². The van der Waals surface area contributed by atoms with Crippen LogP contribution in [-0.2, 0) is 0 Å². The van der Waals surface area contributed by atoms with E-state index in [-0.39, 0.29) is 0 Å². The van der Waals surface area contributed by atoms with Gasteiger partial charge in [-0.05, 0) is 64.0 Å². The van der Waals surface area contributed by atoms with E-state index in [4.69, 9.17) is 0 Å². The molecule has 0 aliphatic carbocycles. The summed E-state index contributed by atoms with van der Waals surface area (Å²) in [6.45, 7) is 14.5. The van der Waals surface area contributed by atoms with Crippen LogP contribution in [0.4, 0.5) is 0 Å². The molecule has 0 bridgehead atoms. The summed E-state index contributed by atoms with van der Waals surface area (Å²) in [5.74, 6) is 0. The van der Waals surface area contributed by atoms with Crippen molar-refractivity contribution in [3.63, 3.8) is 0 Å². The van der Waals surface area contributed by atoms with E-state index in [2.05, 4.69) is 31.0 Å². The van der Waals surface area contributed by atoms with E-state index in [0.717, 1.165) is 45.4 Å². The normalized spacial score (nSPS) is 25.6. The summed E-state index contributed by atoms with van der Waals surface area (Å²) in [6, 6.07) is 0.